The Kier molecular flexibility index (Phi) is 6.80. The van der Waals surface area contributed by atoms with E-state index in [1.165, 1.54) is 17.1 Å². The number of carbonyl (C=O) groups excluding carboxylic acids is 1. The topological polar surface area (TPSA) is 122 Å². The summed E-state index contributed by atoms with van der Waals surface area (Å²) >= 11 is 12.1. The molecular weight excluding hydrogens is 467 g/mol. The number of amides is 1. The fourth-order valence-electron chi connectivity index (χ4n) is 3.75. The van der Waals surface area contributed by atoms with Crippen molar-refractivity contribution in [3.63, 3.8) is 0 Å². The van der Waals surface area contributed by atoms with Gasteiger partial charge in [-0.2, -0.15) is 9.90 Å². The van der Waals surface area contributed by atoms with E-state index >= 15 is 0 Å². The van der Waals surface area contributed by atoms with E-state index in [9.17, 15) is 14.7 Å². The van der Waals surface area contributed by atoms with Crippen LogP contribution in [0.25, 0.3) is 0 Å². The minimum Gasteiger partial charge on any atom is -0.481 e. The van der Waals surface area contributed by atoms with E-state index in [1.807, 2.05) is 6.92 Å². The van der Waals surface area contributed by atoms with Crippen molar-refractivity contribution in [3.8, 4) is 0 Å². The number of carbonyl (C=O) groups is 2. The molecule has 33 heavy (non-hydrogen) atoms. The van der Waals surface area contributed by atoms with Crippen LogP contribution in [0, 0.1) is 6.92 Å². The van der Waals surface area contributed by atoms with Crippen LogP contribution < -0.4 is 10.6 Å². The molecule has 4 rings (SSSR count). The summed E-state index contributed by atoms with van der Waals surface area (Å²) in [6, 6.07) is 5.93. The molecule has 1 atom stereocenters. The van der Waals surface area contributed by atoms with Gasteiger partial charge in [0.2, 0.25) is 0 Å². The number of hydrogen-bond donors (Lipinski definition) is 3. The summed E-state index contributed by atoms with van der Waals surface area (Å²) in [7, 11) is 0. The molecule has 0 radical (unpaired) electrons. The van der Waals surface area contributed by atoms with E-state index in [1.54, 1.807) is 12.1 Å². The zero-order valence-electron chi connectivity index (χ0n) is 17.8. The van der Waals surface area contributed by atoms with Gasteiger partial charge in [-0.15, -0.1) is 5.10 Å². The highest BCUT2D eigenvalue weighted by molar-refractivity contribution is 6.34. The molecule has 11 heteroatoms. The molecule has 172 valence electrons. The lowest BCUT2D eigenvalue weighted by molar-refractivity contribution is -0.137. The number of nitrogens with zero attached hydrogens (tertiary/aromatic N) is 4. The highest BCUT2D eigenvalue weighted by Crippen LogP contribution is 2.26. The smallest absolute Gasteiger partial charge is 0.305 e. The van der Waals surface area contributed by atoms with E-state index in [0.717, 1.165) is 42.0 Å². The quantitative estimate of drug-likeness (QED) is 0.463. The van der Waals surface area contributed by atoms with E-state index in [2.05, 4.69) is 31.9 Å². The van der Waals surface area contributed by atoms with Gasteiger partial charge < -0.3 is 15.7 Å². The third-order valence-electron chi connectivity index (χ3n) is 5.36. The first kappa shape index (κ1) is 23.0. The van der Waals surface area contributed by atoms with Crippen LogP contribution in [0.2, 0.25) is 10.0 Å². The summed E-state index contributed by atoms with van der Waals surface area (Å²) in [5.41, 5.74) is 3.55. The first-order chi connectivity index (χ1) is 15.8. The Morgan fingerprint density at radius 1 is 1.24 bits per heavy atom. The third kappa shape index (κ3) is 5.61. The summed E-state index contributed by atoms with van der Waals surface area (Å²) in [4.78, 5) is 30.2. The molecule has 0 aliphatic carbocycles. The number of fused-ring (bicyclic) bond motifs is 1. The maximum Gasteiger partial charge on any atom is 0.305 e. The number of aliphatic carboxylic acids is 1. The van der Waals surface area contributed by atoms with Crippen molar-refractivity contribution in [2.24, 2.45) is 0 Å². The highest BCUT2D eigenvalue weighted by atomic mass is 35.5. The Morgan fingerprint density at radius 3 is 2.73 bits per heavy atom. The lowest BCUT2D eigenvalue weighted by Gasteiger charge is -2.19. The number of anilines is 1. The summed E-state index contributed by atoms with van der Waals surface area (Å²) in [6.45, 7) is 3.21. The van der Waals surface area contributed by atoms with E-state index in [-0.39, 0.29) is 12.1 Å². The average molecular weight is 489 g/mol. The Balaban J connectivity index is 1.50. The van der Waals surface area contributed by atoms with Gasteiger partial charge in [0, 0.05) is 22.3 Å². The van der Waals surface area contributed by atoms with E-state index in [0.29, 0.717) is 22.2 Å². The van der Waals surface area contributed by atoms with Crippen LogP contribution in [0.3, 0.4) is 0 Å². The number of pyridine rings is 1. The summed E-state index contributed by atoms with van der Waals surface area (Å²) in [5.74, 6) is -0.709. The molecule has 1 aliphatic heterocycles. The van der Waals surface area contributed by atoms with Crippen LogP contribution in [0.4, 0.5) is 5.82 Å². The predicted octanol–water partition coefficient (Wildman–Crippen LogP) is 3.64. The number of nitrogens with one attached hydrogen (secondary N) is 2. The lowest BCUT2D eigenvalue weighted by atomic mass is 10.0. The maximum atomic E-state index is 12.8. The molecule has 2 aromatic heterocycles. The van der Waals surface area contributed by atoms with Crippen molar-refractivity contribution in [2.75, 3.05) is 11.9 Å². The Labute approximate surface area is 200 Å². The average Bonchev–Trinajstić information content (AvgIpc) is 3.21. The van der Waals surface area contributed by atoms with Crippen molar-refractivity contribution in [2.45, 2.75) is 38.8 Å². The van der Waals surface area contributed by atoms with E-state index < -0.39 is 17.9 Å². The van der Waals surface area contributed by atoms with Gasteiger partial charge in [-0.3, -0.25) is 9.59 Å². The highest BCUT2D eigenvalue weighted by Gasteiger charge is 2.22. The number of carboxylic acids is 1. The molecule has 0 saturated heterocycles. The second kappa shape index (κ2) is 9.76. The van der Waals surface area contributed by atoms with Crippen LogP contribution >= 0.6 is 23.2 Å². The SMILES string of the molecule is Cc1nc2c(cc1Cn1ncc(C(=O)N[C@@H](CC(=O)O)c3cc(Cl)cc(Cl)c3)n1)CCCN2. The number of carboxylic acid groups (broad SMARTS) is 1. The van der Waals surface area contributed by atoms with Gasteiger partial charge in [-0.1, -0.05) is 23.2 Å². The molecule has 3 heterocycles. The Morgan fingerprint density at radius 2 is 2.00 bits per heavy atom. The third-order valence-corrected chi connectivity index (χ3v) is 5.80. The van der Waals surface area contributed by atoms with Crippen LogP contribution in [0.1, 0.15) is 51.8 Å². The zero-order valence-corrected chi connectivity index (χ0v) is 19.3. The van der Waals surface area contributed by atoms with Gasteiger partial charge in [0.05, 0.1) is 25.2 Å². The molecule has 3 N–H and O–H groups in total. The number of benzene rings is 1. The Bertz CT molecular complexity index is 1190. The molecule has 0 unspecified atom stereocenters. The van der Waals surface area contributed by atoms with Crippen LogP contribution in [0.15, 0.2) is 30.5 Å². The van der Waals surface area contributed by atoms with Crippen molar-refractivity contribution in [3.05, 3.63) is 68.6 Å². The zero-order chi connectivity index (χ0) is 23.5. The fraction of sp³-hybridized carbons (Fsp3) is 0.318. The predicted molar refractivity (Wildman–Crippen MR) is 124 cm³/mol. The number of aromatic nitrogens is 4. The number of rotatable bonds is 7. The number of aryl methyl sites for hydroxylation is 2. The van der Waals surface area contributed by atoms with Gasteiger partial charge in [0.1, 0.15) is 5.82 Å². The molecule has 9 nitrogen and oxygen atoms in total. The minimum absolute atomic E-state index is 0.0729. The lowest BCUT2D eigenvalue weighted by Crippen LogP contribution is -2.30. The van der Waals surface area contributed by atoms with Gasteiger partial charge in [-0.05, 0) is 60.7 Å². The molecular formula is C22H22Cl2N6O3. The summed E-state index contributed by atoms with van der Waals surface area (Å²) in [5, 5.41) is 24.4. The van der Waals surface area contributed by atoms with Crippen molar-refractivity contribution < 1.29 is 14.7 Å². The monoisotopic (exact) mass is 488 g/mol. The molecule has 0 spiro atoms. The molecule has 1 amide bonds. The first-order valence-corrected chi connectivity index (χ1v) is 11.2. The van der Waals surface area contributed by atoms with Gasteiger partial charge in [0.25, 0.3) is 5.91 Å². The van der Waals surface area contributed by atoms with Crippen molar-refractivity contribution in [1.29, 1.82) is 0 Å². The molecule has 0 bridgehead atoms. The first-order valence-electron chi connectivity index (χ1n) is 10.4. The minimum atomic E-state index is -1.08. The summed E-state index contributed by atoms with van der Waals surface area (Å²) < 4.78 is 0. The van der Waals surface area contributed by atoms with Crippen LogP contribution in [-0.4, -0.2) is 43.5 Å². The molecule has 1 aromatic carbocycles. The standard InChI is InChI=1S/C22H22Cl2N6O3/c1-12-15(5-13-3-2-4-25-21(13)27-12)11-30-26-10-19(29-30)22(33)28-18(9-20(31)32)14-6-16(23)8-17(24)7-14/h5-8,10,18H,2-4,9,11H2,1H3,(H,25,27)(H,28,33)(H,31,32)/t18-/m0/s1. The molecule has 0 saturated carbocycles. The number of hydrogen-bond acceptors (Lipinski definition) is 6. The Hall–Kier alpha value is -3.17. The number of halogens is 2. The second-order valence-corrected chi connectivity index (χ2v) is 8.73. The summed E-state index contributed by atoms with van der Waals surface area (Å²) in [6.07, 6.45) is 3.02. The second-order valence-electron chi connectivity index (χ2n) is 7.86. The van der Waals surface area contributed by atoms with Crippen molar-refractivity contribution in [1.82, 2.24) is 25.3 Å². The van der Waals surface area contributed by atoms with Crippen LogP contribution in [-0.2, 0) is 17.8 Å². The normalized spacial score (nSPS) is 13.7. The van der Waals surface area contributed by atoms with Crippen molar-refractivity contribution >= 4 is 40.9 Å². The van der Waals surface area contributed by atoms with E-state index in [4.69, 9.17) is 23.2 Å². The van der Waals surface area contributed by atoms with Gasteiger partial charge in [-0.25, -0.2) is 4.98 Å². The van der Waals surface area contributed by atoms with Gasteiger partial charge in [0.15, 0.2) is 5.69 Å². The van der Waals surface area contributed by atoms with Gasteiger partial charge >= 0.3 is 5.97 Å². The molecule has 0 fully saturated rings. The maximum absolute atomic E-state index is 12.8. The molecule has 1 aliphatic rings. The fourth-order valence-corrected chi connectivity index (χ4v) is 4.29. The largest absolute Gasteiger partial charge is 0.481 e. The molecule has 3 aromatic rings. The van der Waals surface area contributed by atoms with Crippen LogP contribution in [0.5, 0.6) is 0 Å².